The molecular formula is C15H19N3O2. The van der Waals surface area contributed by atoms with E-state index >= 15 is 0 Å². The molecule has 2 N–H and O–H groups in total. The molecule has 0 aromatic carbocycles. The molecule has 2 saturated carbocycles. The van der Waals surface area contributed by atoms with Crippen molar-refractivity contribution in [1.82, 2.24) is 10.3 Å². The van der Waals surface area contributed by atoms with Gasteiger partial charge in [-0.1, -0.05) is 0 Å². The first-order valence-electron chi connectivity index (χ1n) is 7.24. The molecule has 2 saturated heterocycles. The van der Waals surface area contributed by atoms with Crippen molar-refractivity contribution in [3.05, 3.63) is 24.5 Å². The molecular weight excluding hydrogens is 254 g/mol. The Labute approximate surface area is 118 Å². The normalized spacial score (nSPS) is 36.0. The molecule has 5 nitrogen and oxygen atoms in total. The van der Waals surface area contributed by atoms with Crippen molar-refractivity contribution in [1.29, 1.82) is 0 Å². The summed E-state index contributed by atoms with van der Waals surface area (Å²) in [6.07, 6.45) is 8.52. The van der Waals surface area contributed by atoms with E-state index in [4.69, 9.17) is 4.74 Å². The van der Waals surface area contributed by atoms with Crippen LogP contribution in [0.25, 0.3) is 0 Å². The first-order valence-corrected chi connectivity index (χ1v) is 7.24. The van der Waals surface area contributed by atoms with Gasteiger partial charge in [-0.2, -0.15) is 0 Å². The van der Waals surface area contributed by atoms with E-state index in [0.717, 1.165) is 25.7 Å². The van der Waals surface area contributed by atoms with Crippen molar-refractivity contribution in [3.63, 3.8) is 0 Å². The zero-order valence-corrected chi connectivity index (χ0v) is 11.6. The van der Waals surface area contributed by atoms with Gasteiger partial charge in [-0.05, 0) is 38.3 Å². The Morgan fingerprint density at radius 2 is 2.20 bits per heavy atom. The van der Waals surface area contributed by atoms with Crippen LogP contribution in [0.15, 0.2) is 24.5 Å². The molecule has 3 heterocycles. The van der Waals surface area contributed by atoms with Crippen LogP contribution in [0.1, 0.15) is 39.0 Å². The Morgan fingerprint density at radius 3 is 2.80 bits per heavy atom. The second kappa shape index (κ2) is 3.73. The maximum absolute atomic E-state index is 12.2. The Kier molecular flexibility index (Phi) is 2.26. The number of carbonyl (C=O) groups is 1. The number of hydrogen-bond acceptors (Lipinski definition) is 3. The van der Waals surface area contributed by atoms with Crippen molar-refractivity contribution in [2.75, 3.05) is 5.32 Å². The number of ether oxygens (including phenoxy) is 1. The summed E-state index contributed by atoms with van der Waals surface area (Å²) < 4.78 is 6.25. The molecule has 2 aliphatic carbocycles. The van der Waals surface area contributed by atoms with Crippen LogP contribution in [0.4, 0.5) is 10.5 Å². The fourth-order valence-corrected chi connectivity index (χ4v) is 4.29. The Bertz CT molecular complexity index is 547. The highest BCUT2D eigenvalue weighted by atomic mass is 16.5. The summed E-state index contributed by atoms with van der Waals surface area (Å²) >= 11 is 0. The van der Waals surface area contributed by atoms with Gasteiger partial charge in [0.1, 0.15) is 0 Å². The van der Waals surface area contributed by atoms with Gasteiger partial charge in [-0.25, -0.2) is 4.79 Å². The van der Waals surface area contributed by atoms with E-state index in [0.29, 0.717) is 5.69 Å². The van der Waals surface area contributed by atoms with Crippen LogP contribution >= 0.6 is 0 Å². The van der Waals surface area contributed by atoms with Gasteiger partial charge in [0, 0.05) is 19.0 Å². The third-order valence-corrected chi connectivity index (χ3v) is 5.10. The Balaban J connectivity index is 1.48. The number of anilines is 1. The molecule has 0 unspecified atom stereocenters. The number of nitrogens with one attached hydrogen (secondary N) is 2. The third-order valence-electron chi connectivity index (χ3n) is 5.10. The number of pyridine rings is 1. The number of rotatable bonds is 2. The van der Waals surface area contributed by atoms with Gasteiger partial charge in [0.25, 0.3) is 0 Å². The molecule has 1 spiro atoms. The topological polar surface area (TPSA) is 63.2 Å². The minimum absolute atomic E-state index is 0.0258. The van der Waals surface area contributed by atoms with Gasteiger partial charge >= 0.3 is 6.03 Å². The molecule has 4 aliphatic rings. The van der Waals surface area contributed by atoms with Gasteiger partial charge in [0.05, 0.1) is 28.6 Å². The van der Waals surface area contributed by atoms with E-state index in [-0.39, 0.29) is 22.8 Å². The number of aromatic nitrogens is 1. The van der Waals surface area contributed by atoms with Gasteiger partial charge in [-0.3, -0.25) is 4.98 Å². The monoisotopic (exact) mass is 273 g/mol. The van der Waals surface area contributed by atoms with Gasteiger partial charge < -0.3 is 15.4 Å². The summed E-state index contributed by atoms with van der Waals surface area (Å²) in [4.78, 5) is 16.2. The number of hydrogen-bond donors (Lipinski definition) is 2. The summed E-state index contributed by atoms with van der Waals surface area (Å²) in [5, 5.41) is 6.03. The number of amides is 2. The van der Waals surface area contributed by atoms with Gasteiger partial charge in [0.15, 0.2) is 0 Å². The molecule has 0 atom stereocenters. The maximum atomic E-state index is 12.2. The SMILES string of the molecule is CC12CC(NC(=O)Nc3cccnc3)(C1)C1(CCC1)O2. The molecule has 4 fully saturated rings. The average Bonchev–Trinajstić information content (AvgIpc) is 2.73. The molecule has 106 valence electrons. The van der Waals surface area contributed by atoms with Crippen LogP contribution < -0.4 is 10.6 Å². The molecule has 0 radical (unpaired) electrons. The van der Waals surface area contributed by atoms with Gasteiger partial charge in [0.2, 0.25) is 0 Å². The highest BCUT2D eigenvalue weighted by molar-refractivity contribution is 5.90. The van der Waals surface area contributed by atoms with Crippen molar-refractivity contribution < 1.29 is 9.53 Å². The molecule has 1 aromatic rings. The van der Waals surface area contributed by atoms with Crippen molar-refractivity contribution in [2.24, 2.45) is 0 Å². The first-order chi connectivity index (χ1) is 9.55. The molecule has 2 amide bonds. The van der Waals surface area contributed by atoms with Crippen molar-refractivity contribution in [2.45, 2.75) is 55.8 Å². The van der Waals surface area contributed by atoms with E-state index in [1.165, 1.54) is 6.42 Å². The predicted octanol–water partition coefficient (Wildman–Crippen LogP) is 2.45. The van der Waals surface area contributed by atoms with Crippen LogP contribution in [-0.2, 0) is 4.74 Å². The van der Waals surface area contributed by atoms with Crippen LogP contribution in [0.2, 0.25) is 0 Å². The van der Waals surface area contributed by atoms with E-state index in [1.807, 2.05) is 6.07 Å². The number of nitrogens with zero attached hydrogens (tertiary/aromatic N) is 1. The Hall–Kier alpha value is -1.62. The molecule has 20 heavy (non-hydrogen) atoms. The van der Waals surface area contributed by atoms with Crippen molar-refractivity contribution in [3.8, 4) is 0 Å². The lowest BCUT2D eigenvalue weighted by molar-refractivity contribution is -0.102. The summed E-state index contributed by atoms with van der Waals surface area (Å²) in [6, 6.07) is 3.48. The van der Waals surface area contributed by atoms with Crippen molar-refractivity contribution >= 4 is 11.7 Å². The molecule has 5 rings (SSSR count). The standard InChI is InChI=1S/C15H19N3O2/c1-13-9-14(10-13,15(20-13)5-3-6-15)18-12(19)17-11-4-2-7-16-8-11/h2,4,7-8H,3,5-6,9-10H2,1H3,(H2,17,18,19). The second-order valence-corrected chi connectivity index (χ2v) is 6.66. The van der Waals surface area contributed by atoms with E-state index in [1.54, 1.807) is 18.5 Å². The summed E-state index contributed by atoms with van der Waals surface area (Å²) in [7, 11) is 0. The predicted molar refractivity (Wildman–Crippen MR) is 74.4 cm³/mol. The fraction of sp³-hybridized carbons (Fsp3) is 0.600. The van der Waals surface area contributed by atoms with Gasteiger partial charge in [-0.15, -0.1) is 0 Å². The smallest absolute Gasteiger partial charge is 0.319 e. The molecule has 2 bridgehead atoms. The zero-order chi connectivity index (χ0) is 13.8. The Morgan fingerprint density at radius 1 is 1.40 bits per heavy atom. The lowest BCUT2D eigenvalue weighted by Crippen LogP contribution is -2.67. The minimum atomic E-state index is -0.160. The molecule has 2 aliphatic heterocycles. The summed E-state index contributed by atoms with van der Waals surface area (Å²) in [5.74, 6) is 0. The summed E-state index contributed by atoms with van der Waals surface area (Å²) in [6.45, 7) is 2.15. The van der Waals surface area contributed by atoms with E-state index in [2.05, 4.69) is 22.5 Å². The average molecular weight is 273 g/mol. The quantitative estimate of drug-likeness (QED) is 0.870. The maximum Gasteiger partial charge on any atom is 0.319 e. The van der Waals surface area contributed by atoms with E-state index in [9.17, 15) is 4.79 Å². The highest BCUT2D eigenvalue weighted by Crippen LogP contribution is 2.66. The number of urea groups is 1. The minimum Gasteiger partial charge on any atom is -0.366 e. The molecule has 1 aromatic heterocycles. The summed E-state index contributed by atoms with van der Waals surface area (Å²) in [5.41, 5.74) is 0.424. The van der Waals surface area contributed by atoms with Crippen LogP contribution in [0.5, 0.6) is 0 Å². The van der Waals surface area contributed by atoms with E-state index < -0.39 is 0 Å². The molecule has 5 heteroatoms. The lowest BCUT2D eigenvalue weighted by atomic mass is 9.57. The lowest BCUT2D eigenvalue weighted by Gasteiger charge is -2.51. The van der Waals surface area contributed by atoms with Crippen LogP contribution in [0, 0.1) is 0 Å². The fourth-order valence-electron chi connectivity index (χ4n) is 4.29. The first kappa shape index (κ1) is 12.1. The third kappa shape index (κ3) is 1.53. The number of carbonyl (C=O) groups excluding carboxylic acids is 1. The largest absolute Gasteiger partial charge is 0.366 e. The zero-order valence-electron chi connectivity index (χ0n) is 11.6. The van der Waals surface area contributed by atoms with Crippen LogP contribution in [0.3, 0.4) is 0 Å². The van der Waals surface area contributed by atoms with Crippen LogP contribution in [-0.4, -0.2) is 27.8 Å². The second-order valence-electron chi connectivity index (χ2n) is 6.66. The highest BCUT2D eigenvalue weighted by Gasteiger charge is 2.75.